The summed E-state index contributed by atoms with van der Waals surface area (Å²) in [5, 5.41) is 1.95. The van der Waals surface area contributed by atoms with Crippen molar-refractivity contribution >= 4 is 22.5 Å². The Kier molecular flexibility index (Phi) is 3.84. The molecular formula is C18H18O4. The number of rotatable bonds is 5. The highest BCUT2D eigenvalue weighted by Gasteiger charge is 2.40. The Morgan fingerprint density at radius 3 is 2.50 bits per heavy atom. The monoisotopic (exact) mass is 298 g/mol. The lowest BCUT2D eigenvalue weighted by Gasteiger charge is -2.06. The lowest BCUT2D eigenvalue weighted by atomic mass is 10.0. The lowest BCUT2D eigenvalue weighted by molar-refractivity contribution is -0.144. The van der Waals surface area contributed by atoms with Crippen molar-refractivity contribution in [3.8, 4) is 5.75 Å². The zero-order valence-corrected chi connectivity index (χ0v) is 12.7. The number of hydrogen-bond donors (Lipinski definition) is 0. The van der Waals surface area contributed by atoms with Gasteiger partial charge in [0.15, 0.2) is 12.4 Å². The second-order valence-corrected chi connectivity index (χ2v) is 5.78. The number of hydrogen-bond acceptors (Lipinski definition) is 4. The van der Waals surface area contributed by atoms with Gasteiger partial charge in [-0.1, -0.05) is 25.1 Å². The van der Waals surface area contributed by atoms with Gasteiger partial charge in [-0.05, 0) is 41.3 Å². The van der Waals surface area contributed by atoms with E-state index in [4.69, 9.17) is 9.47 Å². The van der Waals surface area contributed by atoms with Crippen LogP contribution in [0.4, 0.5) is 0 Å². The number of methoxy groups -OCH3 is 1. The minimum absolute atomic E-state index is 0.0168. The molecule has 0 aliphatic heterocycles. The van der Waals surface area contributed by atoms with Crippen LogP contribution < -0.4 is 4.74 Å². The van der Waals surface area contributed by atoms with Crippen molar-refractivity contribution in [1.29, 1.82) is 0 Å². The summed E-state index contributed by atoms with van der Waals surface area (Å²) in [4.78, 5) is 23.8. The third-order valence-electron chi connectivity index (χ3n) is 4.13. The molecule has 2 aromatic carbocycles. The van der Waals surface area contributed by atoms with Crippen molar-refractivity contribution in [3.05, 3.63) is 42.0 Å². The second kappa shape index (κ2) is 5.79. The first-order chi connectivity index (χ1) is 10.6. The Hall–Kier alpha value is -2.36. The molecule has 22 heavy (non-hydrogen) atoms. The summed E-state index contributed by atoms with van der Waals surface area (Å²) in [5.41, 5.74) is 0.550. The standard InChI is InChI=1S/C18H18O4/c1-11-7-16(11)18(20)22-10-17(19)14-4-3-13-9-15(21-2)6-5-12(13)8-14/h3-6,8-9,11,16H,7,10H2,1-2H3. The fourth-order valence-corrected chi connectivity index (χ4v) is 2.50. The molecule has 0 aromatic heterocycles. The number of fused-ring (bicyclic) bond motifs is 1. The van der Waals surface area contributed by atoms with E-state index in [1.54, 1.807) is 13.2 Å². The van der Waals surface area contributed by atoms with Gasteiger partial charge in [-0.25, -0.2) is 0 Å². The average Bonchev–Trinajstić information content (AvgIpc) is 3.28. The maximum Gasteiger partial charge on any atom is 0.309 e. The normalized spacial score (nSPS) is 19.7. The van der Waals surface area contributed by atoms with Gasteiger partial charge in [0, 0.05) is 5.56 Å². The van der Waals surface area contributed by atoms with Crippen LogP contribution in [-0.4, -0.2) is 25.5 Å². The molecule has 4 heteroatoms. The van der Waals surface area contributed by atoms with Gasteiger partial charge in [-0.2, -0.15) is 0 Å². The molecule has 0 spiro atoms. The number of ketones is 1. The summed E-state index contributed by atoms with van der Waals surface area (Å²) in [6.45, 7) is 1.81. The molecule has 0 bridgehead atoms. The highest BCUT2D eigenvalue weighted by molar-refractivity contribution is 6.01. The molecule has 114 valence electrons. The SMILES string of the molecule is COc1ccc2cc(C(=O)COC(=O)C3CC3C)ccc2c1. The van der Waals surface area contributed by atoms with E-state index in [-0.39, 0.29) is 24.3 Å². The van der Waals surface area contributed by atoms with E-state index < -0.39 is 0 Å². The van der Waals surface area contributed by atoms with Crippen molar-refractivity contribution in [3.63, 3.8) is 0 Å². The van der Waals surface area contributed by atoms with Gasteiger partial charge in [-0.3, -0.25) is 9.59 Å². The molecular weight excluding hydrogens is 280 g/mol. The summed E-state index contributed by atoms with van der Waals surface area (Å²) >= 11 is 0. The van der Waals surface area contributed by atoms with Crippen molar-refractivity contribution in [1.82, 2.24) is 0 Å². The zero-order valence-electron chi connectivity index (χ0n) is 12.7. The quantitative estimate of drug-likeness (QED) is 0.628. The van der Waals surface area contributed by atoms with Crippen molar-refractivity contribution in [2.75, 3.05) is 13.7 Å². The predicted molar refractivity (Wildman–Crippen MR) is 83.1 cm³/mol. The predicted octanol–water partition coefficient (Wildman–Crippen LogP) is 3.23. The second-order valence-electron chi connectivity index (χ2n) is 5.78. The Morgan fingerprint density at radius 2 is 1.82 bits per heavy atom. The Morgan fingerprint density at radius 1 is 1.14 bits per heavy atom. The zero-order chi connectivity index (χ0) is 15.7. The van der Waals surface area contributed by atoms with Gasteiger partial charge in [-0.15, -0.1) is 0 Å². The van der Waals surface area contributed by atoms with Crippen LogP contribution in [0.3, 0.4) is 0 Å². The summed E-state index contributed by atoms with van der Waals surface area (Å²) in [5.74, 6) is 0.708. The molecule has 0 radical (unpaired) electrons. The average molecular weight is 298 g/mol. The summed E-state index contributed by atoms with van der Waals surface area (Å²) in [6.07, 6.45) is 0.866. The Labute approximate surface area is 129 Å². The lowest BCUT2D eigenvalue weighted by Crippen LogP contribution is -2.15. The van der Waals surface area contributed by atoms with Crippen LogP contribution in [0, 0.1) is 11.8 Å². The van der Waals surface area contributed by atoms with E-state index >= 15 is 0 Å². The fraction of sp³-hybridized carbons (Fsp3) is 0.333. The van der Waals surface area contributed by atoms with Gasteiger partial charge in [0.05, 0.1) is 13.0 Å². The van der Waals surface area contributed by atoms with Crippen molar-refractivity contribution in [2.24, 2.45) is 11.8 Å². The first-order valence-corrected chi connectivity index (χ1v) is 7.36. The van der Waals surface area contributed by atoms with E-state index in [9.17, 15) is 9.59 Å². The molecule has 2 aromatic rings. The molecule has 0 heterocycles. The highest BCUT2D eigenvalue weighted by Crippen LogP contribution is 2.38. The third kappa shape index (κ3) is 2.96. The molecule has 0 amide bonds. The van der Waals surface area contributed by atoms with E-state index in [1.165, 1.54) is 0 Å². The fourth-order valence-electron chi connectivity index (χ4n) is 2.50. The number of carbonyl (C=O) groups excluding carboxylic acids is 2. The smallest absolute Gasteiger partial charge is 0.309 e. The third-order valence-corrected chi connectivity index (χ3v) is 4.13. The van der Waals surface area contributed by atoms with Crippen LogP contribution in [0.1, 0.15) is 23.7 Å². The first-order valence-electron chi connectivity index (χ1n) is 7.36. The number of benzene rings is 2. The molecule has 1 aliphatic rings. The molecule has 0 saturated heterocycles. The van der Waals surface area contributed by atoms with Gasteiger partial charge in [0.1, 0.15) is 5.75 Å². The van der Waals surface area contributed by atoms with E-state index in [0.29, 0.717) is 11.5 Å². The minimum atomic E-state index is -0.258. The maximum absolute atomic E-state index is 12.1. The van der Waals surface area contributed by atoms with Crippen molar-refractivity contribution < 1.29 is 19.1 Å². The van der Waals surface area contributed by atoms with Crippen molar-refractivity contribution in [2.45, 2.75) is 13.3 Å². The van der Waals surface area contributed by atoms with Crippen LogP contribution in [0.15, 0.2) is 36.4 Å². The minimum Gasteiger partial charge on any atom is -0.497 e. The highest BCUT2D eigenvalue weighted by atomic mass is 16.5. The molecule has 1 aliphatic carbocycles. The number of ether oxygens (including phenoxy) is 2. The van der Waals surface area contributed by atoms with Gasteiger partial charge in [0.2, 0.25) is 0 Å². The summed E-state index contributed by atoms with van der Waals surface area (Å²) in [6, 6.07) is 11.1. The van der Waals surface area contributed by atoms with Gasteiger partial charge in [0.25, 0.3) is 0 Å². The number of esters is 1. The molecule has 1 saturated carbocycles. The van der Waals surface area contributed by atoms with Crippen LogP contribution in [-0.2, 0) is 9.53 Å². The van der Waals surface area contributed by atoms with E-state index in [0.717, 1.165) is 22.9 Å². The number of carbonyl (C=O) groups is 2. The Balaban J connectivity index is 1.69. The van der Waals surface area contributed by atoms with Crippen LogP contribution in [0.25, 0.3) is 10.8 Å². The topological polar surface area (TPSA) is 52.6 Å². The molecule has 3 rings (SSSR count). The first kappa shape index (κ1) is 14.6. The van der Waals surface area contributed by atoms with E-state index in [1.807, 2.05) is 37.3 Å². The van der Waals surface area contributed by atoms with Crippen LogP contribution in [0.5, 0.6) is 5.75 Å². The summed E-state index contributed by atoms with van der Waals surface area (Å²) < 4.78 is 10.3. The Bertz CT molecular complexity index is 735. The molecule has 0 N–H and O–H groups in total. The molecule has 4 nitrogen and oxygen atoms in total. The molecule has 1 fully saturated rings. The number of Topliss-reactive ketones (excluding diaryl/α,β-unsaturated/α-hetero) is 1. The molecule has 2 atom stereocenters. The van der Waals surface area contributed by atoms with Crippen LogP contribution >= 0.6 is 0 Å². The maximum atomic E-state index is 12.1. The van der Waals surface area contributed by atoms with E-state index in [2.05, 4.69) is 0 Å². The largest absolute Gasteiger partial charge is 0.497 e. The van der Waals surface area contributed by atoms with Gasteiger partial charge >= 0.3 is 5.97 Å². The van der Waals surface area contributed by atoms with Gasteiger partial charge < -0.3 is 9.47 Å². The summed E-state index contributed by atoms with van der Waals surface area (Å²) in [7, 11) is 1.62. The van der Waals surface area contributed by atoms with Crippen LogP contribution in [0.2, 0.25) is 0 Å². The molecule has 2 unspecified atom stereocenters.